The normalized spacial score (nSPS) is 18.4. The molecule has 1 heterocycles. The van der Waals surface area contributed by atoms with Gasteiger partial charge in [-0.25, -0.2) is 4.79 Å². The second-order valence-electron chi connectivity index (χ2n) is 4.67. The van der Waals surface area contributed by atoms with Crippen LogP contribution in [0.15, 0.2) is 22.7 Å². The van der Waals surface area contributed by atoms with Gasteiger partial charge in [0.25, 0.3) is 5.91 Å². The summed E-state index contributed by atoms with van der Waals surface area (Å²) in [7, 11) is 1.58. The number of urea groups is 1. The standard InChI is InChI=1S/C14H17BrN2O3/c1-3-4-12-13(18)17(14(19)16-12)8-9-7-10(20-2)5-6-11(9)15/h5-7,12H,3-4,8H2,1-2H3,(H,16,19). The zero-order valence-corrected chi connectivity index (χ0v) is 13.1. The molecule has 0 spiro atoms. The summed E-state index contributed by atoms with van der Waals surface area (Å²) < 4.78 is 6.01. The summed E-state index contributed by atoms with van der Waals surface area (Å²) in [6.45, 7) is 2.23. The van der Waals surface area contributed by atoms with Crippen LogP contribution in [0.3, 0.4) is 0 Å². The predicted molar refractivity (Wildman–Crippen MR) is 78.5 cm³/mol. The second kappa shape index (κ2) is 6.26. The molecular weight excluding hydrogens is 324 g/mol. The van der Waals surface area contributed by atoms with Gasteiger partial charge in [0.1, 0.15) is 11.8 Å². The number of imide groups is 1. The Labute approximate surface area is 126 Å². The zero-order chi connectivity index (χ0) is 14.7. The number of nitrogens with zero attached hydrogens (tertiary/aromatic N) is 1. The van der Waals surface area contributed by atoms with Gasteiger partial charge < -0.3 is 10.1 Å². The lowest BCUT2D eigenvalue weighted by atomic mass is 10.1. The summed E-state index contributed by atoms with van der Waals surface area (Å²) >= 11 is 3.43. The van der Waals surface area contributed by atoms with Crippen molar-refractivity contribution in [1.29, 1.82) is 0 Å². The van der Waals surface area contributed by atoms with Crippen molar-refractivity contribution in [3.8, 4) is 5.75 Å². The highest BCUT2D eigenvalue weighted by Gasteiger charge is 2.37. The average Bonchev–Trinajstić information content (AvgIpc) is 2.69. The van der Waals surface area contributed by atoms with Crippen LogP contribution >= 0.6 is 15.9 Å². The number of carbonyl (C=O) groups is 2. The third kappa shape index (κ3) is 2.95. The van der Waals surface area contributed by atoms with E-state index >= 15 is 0 Å². The number of ether oxygens (including phenoxy) is 1. The molecule has 1 aliphatic heterocycles. The van der Waals surface area contributed by atoms with Crippen molar-refractivity contribution < 1.29 is 14.3 Å². The number of nitrogens with one attached hydrogen (secondary N) is 1. The van der Waals surface area contributed by atoms with E-state index in [-0.39, 0.29) is 18.5 Å². The van der Waals surface area contributed by atoms with Crippen molar-refractivity contribution in [2.75, 3.05) is 7.11 Å². The Hall–Kier alpha value is -1.56. The topological polar surface area (TPSA) is 58.6 Å². The summed E-state index contributed by atoms with van der Waals surface area (Å²) in [4.78, 5) is 25.3. The van der Waals surface area contributed by atoms with E-state index < -0.39 is 6.04 Å². The van der Waals surface area contributed by atoms with Crippen molar-refractivity contribution in [1.82, 2.24) is 10.2 Å². The zero-order valence-electron chi connectivity index (χ0n) is 11.5. The van der Waals surface area contributed by atoms with Gasteiger partial charge in [0, 0.05) is 4.47 Å². The molecule has 1 aliphatic rings. The molecule has 3 amide bonds. The van der Waals surface area contributed by atoms with E-state index in [0.717, 1.165) is 16.5 Å². The van der Waals surface area contributed by atoms with Crippen molar-refractivity contribution in [3.05, 3.63) is 28.2 Å². The van der Waals surface area contributed by atoms with Gasteiger partial charge in [-0.2, -0.15) is 0 Å². The van der Waals surface area contributed by atoms with Crippen LogP contribution in [0.2, 0.25) is 0 Å². The highest BCUT2D eigenvalue weighted by atomic mass is 79.9. The Morgan fingerprint density at radius 1 is 1.40 bits per heavy atom. The fraction of sp³-hybridized carbons (Fsp3) is 0.429. The quantitative estimate of drug-likeness (QED) is 0.838. The van der Waals surface area contributed by atoms with E-state index in [9.17, 15) is 9.59 Å². The van der Waals surface area contributed by atoms with Crippen molar-refractivity contribution in [3.63, 3.8) is 0 Å². The SMILES string of the molecule is CCCC1NC(=O)N(Cc2cc(OC)ccc2Br)C1=O. The maximum absolute atomic E-state index is 12.2. The Balaban J connectivity index is 2.17. The lowest BCUT2D eigenvalue weighted by Gasteiger charge is -2.15. The minimum absolute atomic E-state index is 0.161. The molecule has 0 aromatic heterocycles. The number of methoxy groups -OCH3 is 1. The van der Waals surface area contributed by atoms with E-state index in [4.69, 9.17) is 4.74 Å². The summed E-state index contributed by atoms with van der Waals surface area (Å²) in [5.74, 6) is 0.534. The Morgan fingerprint density at radius 3 is 2.80 bits per heavy atom. The third-order valence-corrected chi connectivity index (χ3v) is 4.04. The molecule has 1 N–H and O–H groups in total. The van der Waals surface area contributed by atoms with E-state index in [1.165, 1.54) is 4.90 Å². The van der Waals surface area contributed by atoms with Gasteiger partial charge in [-0.05, 0) is 30.2 Å². The molecule has 0 radical (unpaired) electrons. The van der Waals surface area contributed by atoms with Gasteiger partial charge in [0.15, 0.2) is 0 Å². The molecule has 0 saturated carbocycles. The van der Waals surface area contributed by atoms with Crippen LogP contribution in [0.5, 0.6) is 5.75 Å². The largest absolute Gasteiger partial charge is 0.497 e. The Morgan fingerprint density at radius 2 is 2.15 bits per heavy atom. The van der Waals surface area contributed by atoms with Crippen molar-refractivity contribution in [2.45, 2.75) is 32.4 Å². The van der Waals surface area contributed by atoms with Gasteiger partial charge in [-0.1, -0.05) is 29.3 Å². The van der Waals surface area contributed by atoms with Crippen LogP contribution < -0.4 is 10.1 Å². The highest BCUT2D eigenvalue weighted by molar-refractivity contribution is 9.10. The van der Waals surface area contributed by atoms with Crippen molar-refractivity contribution >= 4 is 27.9 Å². The molecule has 1 saturated heterocycles. The molecule has 1 unspecified atom stereocenters. The number of hydrogen-bond acceptors (Lipinski definition) is 3. The van der Waals surface area contributed by atoms with Crippen molar-refractivity contribution in [2.24, 2.45) is 0 Å². The highest BCUT2D eigenvalue weighted by Crippen LogP contribution is 2.25. The van der Waals surface area contributed by atoms with E-state index in [2.05, 4.69) is 21.2 Å². The number of halogens is 1. The summed E-state index contributed by atoms with van der Waals surface area (Å²) in [6, 6.07) is 4.76. The number of rotatable bonds is 5. The molecule has 0 aliphatic carbocycles. The molecule has 5 nitrogen and oxygen atoms in total. The van der Waals surface area contributed by atoms with Gasteiger partial charge in [0.05, 0.1) is 13.7 Å². The van der Waals surface area contributed by atoms with Crippen LogP contribution in [-0.4, -0.2) is 30.0 Å². The summed E-state index contributed by atoms with van der Waals surface area (Å²) in [5, 5.41) is 2.71. The number of benzene rings is 1. The lowest BCUT2D eigenvalue weighted by Crippen LogP contribution is -2.31. The smallest absolute Gasteiger partial charge is 0.325 e. The first-order chi connectivity index (χ1) is 9.56. The molecule has 0 bridgehead atoms. The van der Waals surface area contributed by atoms with Crippen LogP contribution in [0.4, 0.5) is 4.79 Å². The van der Waals surface area contributed by atoms with E-state index in [1.807, 2.05) is 25.1 Å². The molecule has 20 heavy (non-hydrogen) atoms. The van der Waals surface area contributed by atoms with Gasteiger partial charge in [-0.15, -0.1) is 0 Å². The molecule has 2 rings (SSSR count). The molecule has 1 aromatic rings. The first-order valence-electron chi connectivity index (χ1n) is 6.51. The van der Waals surface area contributed by atoms with Crippen LogP contribution in [-0.2, 0) is 11.3 Å². The Bertz CT molecular complexity index is 533. The van der Waals surface area contributed by atoms with Crippen LogP contribution in [0.25, 0.3) is 0 Å². The third-order valence-electron chi connectivity index (χ3n) is 3.27. The summed E-state index contributed by atoms with van der Waals surface area (Å²) in [6.07, 6.45) is 1.52. The molecule has 1 atom stereocenters. The second-order valence-corrected chi connectivity index (χ2v) is 5.53. The fourth-order valence-electron chi connectivity index (χ4n) is 2.18. The van der Waals surface area contributed by atoms with Gasteiger partial charge in [0.2, 0.25) is 0 Å². The molecule has 1 aromatic carbocycles. The number of hydrogen-bond donors (Lipinski definition) is 1. The van der Waals surface area contributed by atoms with E-state index in [1.54, 1.807) is 7.11 Å². The minimum atomic E-state index is -0.392. The fourth-order valence-corrected chi connectivity index (χ4v) is 2.55. The number of carbonyl (C=O) groups excluding carboxylic acids is 2. The minimum Gasteiger partial charge on any atom is -0.497 e. The predicted octanol–water partition coefficient (Wildman–Crippen LogP) is 2.68. The average molecular weight is 341 g/mol. The molecule has 6 heteroatoms. The first-order valence-corrected chi connectivity index (χ1v) is 7.30. The summed E-state index contributed by atoms with van der Waals surface area (Å²) in [5.41, 5.74) is 0.838. The van der Waals surface area contributed by atoms with E-state index in [0.29, 0.717) is 12.2 Å². The number of amides is 3. The maximum Gasteiger partial charge on any atom is 0.325 e. The Kier molecular flexibility index (Phi) is 4.65. The first kappa shape index (κ1) is 14.8. The van der Waals surface area contributed by atoms with Gasteiger partial charge >= 0.3 is 6.03 Å². The molecule has 1 fully saturated rings. The van der Waals surface area contributed by atoms with Crippen LogP contribution in [0, 0.1) is 0 Å². The maximum atomic E-state index is 12.2. The lowest BCUT2D eigenvalue weighted by molar-refractivity contribution is -0.128. The monoisotopic (exact) mass is 340 g/mol. The van der Waals surface area contributed by atoms with Gasteiger partial charge in [-0.3, -0.25) is 9.69 Å². The molecular formula is C14H17BrN2O3. The van der Waals surface area contributed by atoms with Crippen LogP contribution in [0.1, 0.15) is 25.3 Å². The molecule has 108 valence electrons.